The van der Waals surface area contributed by atoms with E-state index in [2.05, 4.69) is 91.0 Å². The molecule has 0 spiro atoms. The summed E-state index contributed by atoms with van der Waals surface area (Å²) in [4.78, 5) is 9.50. The number of hydrogen-bond donors (Lipinski definition) is 0. The topological polar surface area (TPSA) is 32.5 Å². The number of anilines is 2. The van der Waals surface area contributed by atoms with Crippen molar-refractivity contribution in [2.45, 2.75) is 53.4 Å². The minimum atomic E-state index is 0.646. The standard InChI is InChI=1S/C27H37N3O/c1-5-17-29(18-6-2)23-12-9-22(10-13-23)11-16-27-28-25-15-14-24(21-26(25)31-27)30(19-7-3)20-8-4/h9-16,21H,5-8,17-20H2,1-4H3. The van der Waals surface area contributed by atoms with Crippen molar-refractivity contribution >= 4 is 34.6 Å². The molecule has 0 aliphatic heterocycles. The van der Waals surface area contributed by atoms with Gasteiger partial charge in [0.2, 0.25) is 5.89 Å². The number of fused-ring (bicyclic) bond motifs is 1. The summed E-state index contributed by atoms with van der Waals surface area (Å²) in [5, 5.41) is 0. The third kappa shape index (κ3) is 6.13. The van der Waals surface area contributed by atoms with Crippen molar-refractivity contribution in [3.63, 3.8) is 0 Å². The predicted octanol–water partition coefficient (Wildman–Crippen LogP) is 7.25. The Morgan fingerprint density at radius 2 is 1.26 bits per heavy atom. The Hall–Kier alpha value is -2.75. The molecule has 0 saturated carbocycles. The van der Waals surface area contributed by atoms with Crippen LogP contribution in [0.3, 0.4) is 0 Å². The molecule has 0 saturated heterocycles. The molecule has 0 radical (unpaired) electrons. The van der Waals surface area contributed by atoms with Gasteiger partial charge in [-0.1, -0.05) is 39.8 Å². The third-order valence-electron chi connectivity index (χ3n) is 5.40. The van der Waals surface area contributed by atoms with Gasteiger partial charge in [0.15, 0.2) is 5.58 Å². The fourth-order valence-electron chi connectivity index (χ4n) is 3.98. The van der Waals surface area contributed by atoms with Gasteiger partial charge in [0.25, 0.3) is 0 Å². The van der Waals surface area contributed by atoms with E-state index in [9.17, 15) is 0 Å². The molecule has 0 fully saturated rings. The number of rotatable bonds is 12. The summed E-state index contributed by atoms with van der Waals surface area (Å²) in [7, 11) is 0. The van der Waals surface area contributed by atoms with E-state index < -0.39 is 0 Å². The molecule has 0 aliphatic rings. The van der Waals surface area contributed by atoms with Crippen LogP contribution in [0.4, 0.5) is 11.4 Å². The highest BCUT2D eigenvalue weighted by Gasteiger charge is 2.09. The van der Waals surface area contributed by atoms with Crippen molar-refractivity contribution in [1.82, 2.24) is 4.98 Å². The van der Waals surface area contributed by atoms with E-state index in [4.69, 9.17) is 4.42 Å². The van der Waals surface area contributed by atoms with Crippen molar-refractivity contribution < 1.29 is 4.42 Å². The van der Waals surface area contributed by atoms with Gasteiger partial charge < -0.3 is 14.2 Å². The molecule has 0 aliphatic carbocycles. The number of hydrogen-bond acceptors (Lipinski definition) is 4. The minimum absolute atomic E-state index is 0.646. The van der Waals surface area contributed by atoms with E-state index in [1.807, 2.05) is 6.08 Å². The van der Waals surface area contributed by atoms with Crippen molar-refractivity contribution in [2.24, 2.45) is 0 Å². The molecule has 4 nitrogen and oxygen atoms in total. The molecule has 3 rings (SSSR count). The third-order valence-corrected chi connectivity index (χ3v) is 5.40. The number of aromatic nitrogens is 1. The van der Waals surface area contributed by atoms with E-state index in [1.54, 1.807) is 0 Å². The summed E-state index contributed by atoms with van der Waals surface area (Å²) in [6.07, 6.45) is 8.62. The van der Waals surface area contributed by atoms with Crippen LogP contribution in [0, 0.1) is 0 Å². The lowest BCUT2D eigenvalue weighted by Gasteiger charge is -2.23. The summed E-state index contributed by atoms with van der Waals surface area (Å²) in [6.45, 7) is 13.2. The van der Waals surface area contributed by atoms with Gasteiger partial charge in [-0.15, -0.1) is 0 Å². The van der Waals surface area contributed by atoms with Gasteiger partial charge in [-0.3, -0.25) is 0 Å². The molecule has 0 amide bonds. The second-order valence-corrected chi connectivity index (χ2v) is 8.10. The van der Waals surface area contributed by atoms with Crippen molar-refractivity contribution in [3.8, 4) is 0 Å². The van der Waals surface area contributed by atoms with Gasteiger partial charge in [0.1, 0.15) is 5.52 Å². The Morgan fingerprint density at radius 3 is 1.84 bits per heavy atom. The predicted molar refractivity (Wildman–Crippen MR) is 135 cm³/mol. The lowest BCUT2D eigenvalue weighted by Crippen LogP contribution is -2.24. The van der Waals surface area contributed by atoms with Crippen molar-refractivity contribution in [2.75, 3.05) is 36.0 Å². The normalized spacial score (nSPS) is 11.5. The van der Waals surface area contributed by atoms with E-state index in [0.717, 1.165) is 68.5 Å². The first-order valence-electron chi connectivity index (χ1n) is 11.9. The highest BCUT2D eigenvalue weighted by molar-refractivity contribution is 5.80. The van der Waals surface area contributed by atoms with E-state index >= 15 is 0 Å². The second kappa shape index (κ2) is 11.6. The maximum atomic E-state index is 6.03. The monoisotopic (exact) mass is 419 g/mol. The summed E-state index contributed by atoms with van der Waals surface area (Å²) in [6, 6.07) is 15.1. The van der Waals surface area contributed by atoms with Gasteiger partial charge in [0, 0.05) is 49.7 Å². The van der Waals surface area contributed by atoms with Gasteiger partial charge in [-0.05, 0) is 61.6 Å². The molecule has 1 aromatic heterocycles. The highest BCUT2D eigenvalue weighted by Crippen LogP contribution is 2.24. The first-order chi connectivity index (χ1) is 15.2. The SMILES string of the molecule is CCCN(CCC)c1ccc(C=Cc2nc3ccc(N(CCC)CCC)cc3o2)cc1. The molecule has 1 heterocycles. The average molecular weight is 420 g/mol. The Kier molecular flexibility index (Phi) is 8.57. The summed E-state index contributed by atoms with van der Waals surface area (Å²) in [5.41, 5.74) is 5.40. The Labute approximate surface area is 187 Å². The van der Waals surface area contributed by atoms with Gasteiger partial charge in [-0.25, -0.2) is 4.98 Å². The summed E-state index contributed by atoms with van der Waals surface area (Å²) >= 11 is 0. The maximum Gasteiger partial charge on any atom is 0.220 e. The second-order valence-electron chi connectivity index (χ2n) is 8.10. The van der Waals surface area contributed by atoms with Gasteiger partial charge in [0.05, 0.1) is 0 Å². The van der Waals surface area contributed by atoms with Crippen LogP contribution in [0.15, 0.2) is 46.9 Å². The maximum absolute atomic E-state index is 6.03. The zero-order valence-electron chi connectivity index (χ0n) is 19.6. The zero-order chi connectivity index (χ0) is 22.1. The van der Waals surface area contributed by atoms with Gasteiger partial charge >= 0.3 is 0 Å². The highest BCUT2D eigenvalue weighted by atomic mass is 16.3. The first-order valence-corrected chi connectivity index (χ1v) is 11.9. The average Bonchev–Trinajstić information content (AvgIpc) is 3.20. The van der Waals surface area contributed by atoms with Crippen LogP contribution in [0.1, 0.15) is 64.8 Å². The van der Waals surface area contributed by atoms with Crippen LogP contribution in [-0.2, 0) is 0 Å². The largest absolute Gasteiger partial charge is 0.437 e. The lowest BCUT2D eigenvalue weighted by atomic mass is 10.1. The molecular weight excluding hydrogens is 382 g/mol. The molecule has 4 heteroatoms. The Balaban J connectivity index is 1.73. The molecule has 3 aromatic rings. The van der Waals surface area contributed by atoms with Crippen molar-refractivity contribution in [1.29, 1.82) is 0 Å². The fourth-order valence-corrected chi connectivity index (χ4v) is 3.98. The van der Waals surface area contributed by atoms with Crippen molar-refractivity contribution in [3.05, 3.63) is 53.9 Å². The number of oxazole rings is 1. The quantitative estimate of drug-likeness (QED) is 0.309. The van der Waals surface area contributed by atoms with Crippen LogP contribution >= 0.6 is 0 Å². The van der Waals surface area contributed by atoms with E-state index in [0.29, 0.717) is 5.89 Å². The summed E-state index contributed by atoms with van der Waals surface area (Å²) in [5.74, 6) is 0.646. The van der Waals surface area contributed by atoms with Crippen LogP contribution in [0.25, 0.3) is 23.3 Å². The summed E-state index contributed by atoms with van der Waals surface area (Å²) < 4.78 is 6.03. The van der Waals surface area contributed by atoms with Gasteiger partial charge in [-0.2, -0.15) is 0 Å². The van der Waals surface area contributed by atoms with Crippen LogP contribution in [0.5, 0.6) is 0 Å². The number of nitrogens with zero attached hydrogens (tertiary/aromatic N) is 3. The van der Waals surface area contributed by atoms with E-state index in [1.165, 1.54) is 11.4 Å². The first kappa shape index (κ1) is 22.9. The molecule has 0 atom stereocenters. The minimum Gasteiger partial charge on any atom is -0.437 e. The van der Waals surface area contributed by atoms with Crippen LogP contribution in [-0.4, -0.2) is 31.2 Å². The number of benzene rings is 2. The lowest BCUT2D eigenvalue weighted by molar-refractivity contribution is 0.589. The fraction of sp³-hybridized carbons (Fsp3) is 0.444. The molecule has 2 aromatic carbocycles. The zero-order valence-corrected chi connectivity index (χ0v) is 19.6. The molecular formula is C27H37N3O. The molecule has 31 heavy (non-hydrogen) atoms. The molecule has 0 bridgehead atoms. The smallest absolute Gasteiger partial charge is 0.220 e. The molecule has 0 unspecified atom stereocenters. The van der Waals surface area contributed by atoms with E-state index in [-0.39, 0.29) is 0 Å². The van der Waals surface area contributed by atoms with Crippen LogP contribution in [0.2, 0.25) is 0 Å². The molecule has 166 valence electrons. The van der Waals surface area contributed by atoms with Crippen LogP contribution < -0.4 is 9.80 Å². The molecule has 0 N–H and O–H groups in total. The Morgan fingerprint density at radius 1 is 0.710 bits per heavy atom. The Bertz CT molecular complexity index is 946.